The molecule has 2 unspecified atom stereocenters. The highest BCUT2D eigenvalue weighted by molar-refractivity contribution is 7.98. The summed E-state index contributed by atoms with van der Waals surface area (Å²) >= 11 is 1.73. The molecule has 3 heteroatoms. The SMILES string of the molecule is CCNC(C(=O)C(C)C)C(SC)c1ccccc1.[HH]. The van der Waals surface area contributed by atoms with Crippen molar-refractivity contribution in [2.24, 2.45) is 5.92 Å². The molecule has 2 nitrogen and oxygen atoms in total. The van der Waals surface area contributed by atoms with Crippen LogP contribution < -0.4 is 5.32 Å². The van der Waals surface area contributed by atoms with Gasteiger partial charge in [-0.05, 0) is 18.4 Å². The lowest BCUT2D eigenvalue weighted by atomic mass is 9.95. The van der Waals surface area contributed by atoms with Crippen LogP contribution in [-0.2, 0) is 4.79 Å². The number of carbonyl (C=O) groups is 1. The molecule has 102 valence electrons. The summed E-state index contributed by atoms with van der Waals surface area (Å²) in [4.78, 5) is 12.3. The lowest BCUT2D eigenvalue weighted by Crippen LogP contribution is -2.42. The van der Waals surface area contributed by atoms with E-state index in [1.807, 2.05) is 39.0 Å². The van der Waals surface area contributed by atoms with Crippen LogP contribution in [0.2, 0.25) is 0 Å². The van der Waals surface area contributed by atoms with Crippen LogP contribution in [0.4, 0.5) is 0 Å². The van der Waals surface area contributed by atoms with Crippen molar-refractivity contribution in [2.75, 3.05) is 12.8 Å². The molecule has 0 aromatic heterocycles. The molecule has 18 heavy (non-hydrogen) atoms. The zero-order chi connectivity index (χ0) is 13.5. The van der Waals surface area contributed by atoms with Crippen molar-refractivity contribution < 1.29 is 6.22 Å². The molecule has 0 aliphatic heterocycles. The van der Waals surface area contributed by atoms with E-state index in [9.17, 15) is 4.79 Å². The first-order valence-electron chi connectivity index (χ1n) is 6.46. The Balaban J connectivity index is 0.00000324. The molecule has 0 spiro atoms. The van der Waals surface area contributed by atoms with Crippen molar-refractivity contribution in [1.29, 1.82) is 0 Å². The van der Waals surface area contributed by atoms with Gasteiger partial charge < -0.3 is 5.32 Å². The van der Waals surface area contributed by atoms with E-state index in [2.05, 4.69) is 23.7 Å². The summed E-state index contributed by atoms with van der Waals surface area (Å²) in [5.74, 6) is 0.354. The maximum Gasteiger partial charge on any atom is 0.153 e. The van der Waals surface area contributed by atoms with E-state index in [0.717, 1.165) is 6.54 Å². The van der Waals surface area contributed by atoms with Crippen LogP contribution in [0.1, 0.15) is 33.0 Å². The predicted octanol–water partition coefficient (Wildman–Crippen LogP) is 3.54. The number of hydrogen-bond acceptors (Lipinski definition) is 3. The summed E-state index contributed by atoms with van der Waals surface area (Å²) < 4.78 is 0. The molecule has 0 aliphatic carbocycles. The largest absolute Gasteiger partial charge is 0.307 e. The molecule has 0 heterocycles. The normalized spacial score (nSPS) is 14.5. The number of benzene rings is 1. The Bertz CT molecular complexity index is 370. The van der Waals surface area contributed by atoms with Gasteiger partial charge in [-0.3, -0.25) is 4.79 Å². The van der Waals surface area contributed by atoms with Crippen LogP contribution in [0.5, 0.6) is 0 Å². The standard InChI is InChI=1S/C15H23NOS.H2/c1-5-16-13(14(17)11(2)3)15(18-4)12-9-7-6-8-10-12;/h6-11,13,15-16H,5H2,1-4H3;1H. The molecule has 1 aromatic rings. The smallest absolute Gasteiger partial charge is 0.153 e. The van der Waals surface area contributed by atoms with Crippen LogP contribution in [-0.4, -0.2) is 24.6 Å². The molecule has 0 saturated heterocycles. The third-order valence-corrected chi connectivity index (χ3v) is 4.04. The fourth-order valence-corrected chi connectivity index (χ4v) is 2.98. The average Bonchev–Trinajstić information content (AvgIpc) is 2.39. The third kappa shape index (κ3) is 3.85. The monoisotopic (exact) mass is 267 g/mol. The van der Waals surface area contributed by atoms with Crippen molar-refractivity contribution in [3.8, 4) is 0 Å². The highest BCUT2D eigenvalue weighted by Crippen LogP contribution is 2.31. The molecule has 1 rings (SSSR count). The topological polar surface area (TPSA) is 29.1 Å². The molecule has 0 fully saturated rings. The molecular weight excluding hydrogens is 242 g/mol. The minimum absolute atomic E-state index is 0. The van der Waals surface area contributed by atoms with Crippen LogP contribution in [0.25, 0.3) is 0 Å². The highest BCUT2D eigenvalue weighted by Gasteiger charge is 2.29. The maximum absolute atomic E-state index is 12.3. The van der Waals surface area contributed by atoms with Crippen LogP contribution >= 0.6 is 11.8 Å². The first kappa shape index (κ1) is 15.3. The molecular formula is C15H25NOS. The summed E-state index contributed by atoms with van der Waals surface area (Å²) in [7, 11) is 0. The molecule has 0 amide bonds. The summed E-state index contributed by atoms with van der Waals surface area (Å²) in [6, 6.07) is 10.2. The van der Waals surface area contributed by atoms with Crippen molar-refractivity contribution in [2.45, 2.75) is 32.1 Å². The van der Waals surface area contributed by atoms with E-state index in [1.165, 1.54) is 5.56 Å². The molecule has 1 aromatic carbocycles. The Kier molecular flexibility index (Phi) is 6.44. The van der Waals surface area contributed by atoms with Crippen molar-refractivity contribution in [3.63, 3.8) is 0 Å². The second kappa shape index (κ2) is 7.59. The Morgan fingerprint density at radius 3 is 2.39 bits per heavy atom. The minimum atomic E-state index is -0.104. The van der Waals surface area contributed by atoms with Gasteiger partial charge in [0.05, 0.1) is 11.3 Å². The number of likely N-dealkylation sites (N-methyl/N-ethyl adjacent to an activating group) is 1. The van der Waals surface area contributed by atoms with Crippen LogP contribution in [0, 0.1) is 5.92 Å². The zero-order valence-electron chi connectivity index (χ0n) is 11.6. The quantitative estimate of drug-likeness (QED) is 0.819. The fraction of sp³-hybridized carbons (Fsp3) is 0.533. The fourth-order valence-electron chi connectivity index (χ4n) is 2.04. The van der Waals surface area contributed by atoms with E-state index >= 15 is 0 Å². The van der Waals surface area contributed by atoms with Gasteiger partial charge in [-0.1, -0.05) is 51.1 Å². The average molecular weight is 267 g/mol. The van der Waals surface area contributed by atoms with E-state index in [0.29, 0.717) is 5.78 Å². The summed E-state index contributed by atoms with van der Waals surface area (Å²) in [6.07, 6.45) is 2.07. The van der Waals surface area contributed by atoms with Gasteiger partial charge in [0.15, 0.2) is 5.78 Å². The molecule has 0 saturated carbocycles. The lowest BCUT2D eigenvalue weighted by molar-refractivity contribution is -0.124. The van der Waals surface area contributed by atoms with Gasteiger partial charge in [0, 0.05) is 7.34 Å². The van der Waals surface area contributed by atoms with E-state index in [-0.39, 0.29) is 18.6 Å². The van der Waals surface area contributed by atoms with Crippen LogP contribution in [0.15, 0.2) is 30.3 Å². The number of ketones is 1. The van der Waals surface area contributed by atoms with Gasteiger partial charge in [0.25, 0.3) is 0 Å². The Labute approximate surface area is 116 Å². The molecule has 2 atom stereocenters. The van der Waals surface area contributed by atoms with Crippen molar-refractivity contribution in [3.05, 3.63) is 35.9 Å². The summed E-state index contributed by atoms with van der Waals surface area (Å²) in [5.41, 5.74) is 1.21. The predicted molar refractivity (Wildman–Crippen MR) is 82.1 cm³/mol. The van der Waals surface area contributed by atoms with Gasteiger partial charge in [0.2, 0.25) is 0 Å². The van der Waals surface area contributed by atoms with Gasteiger partial charge in [-0.25, -0.2) is 0 Å². The Morgan fingerprint density at radius 1 is 1.33 bits per heavy atom. The number of hydrogen-bond donors (Lipinski definition) is 1. The number of thioether (sulfide) groups is 1. The number of nitrogens with one attached hydrogen (secondary N) is 1. The highest BCUT2D eigenvalue weighted by atomic mass is 32.2. The van der Waals surface area contributed by atoms with Crippen LogP contribution in [0.3, 0.4) is 0 Å². The third-order valence-electron chi connectivity index (χ3n) is 2.98. The van der Waals surface area contributed by atoms with Gasteiger partial charge >= 0.3 is 0 Å². The summed E-state index contributed by atoms with van der Waals surface area (Å²) in [5, 5.41) is 3.52. The minimum Gasteiger partial charge on any atom is -0.307 e. The first-order chi connectivity index (χ1) is 8.61. The van der Waals surface area contributed by atoms with Crippen molar-refractivity contribution >= 4 is 17.5 Å². The first-order valence-corrected chi connectivity index (χ1v) is 7.75. The lowest BCUT2D eigenvalue weighted by Gasteiger charge is -2.27. The molecule has 0 bridgehead atoms. The van der Waals surface area contributed by atoms with Gasteiger partial charge in [-0.2, -0.15) is 11.8 Å². The van der Waals surface area contributed by atoms with Gasteiger partial charge in [-0.15, -0.1) is 0 Å². The van der Waals surface area contributed by atoms with Crippen molar-refractivity contribution in [1.82, 2.24) is 5.32 Å². The maximum atomic E-state index is 12.3. The second-order valence-corrected chi connectivity index (χ2v) is 5.64. The number of rotatable bonds is 7. The van der Waals surface area contributed by atoms with E-state index in [4.69, 9.17) is 0 Å². The number of Topliss-reactive ketones (excluding diaryl/α,β-unsaturated/α-hetero) is 1. The molecule has 1 N–H and O–H groups in total. The molecule has 0 radical (unpaired) electrons. The molecule has 0 aliphatic rings. The Morgan fingerprint density at radius 2 is 1.94 bits per heavy atom. The zero-order valence-corrected chi connectivity index (χ0v) is 12.5. The number of carbonyl (C=O) groups excluding carboxylic acids is 1. The van der Waals surface area contributed by atoms with E-state index < -0.39 is 0 Å². The second-order valence-electron chi connectivity index (χ2n) is 4.66. The van der Waals surface area contributed by atoms with Gasteiger partial charge in [0.1, 0.15) is 0 Å². The Hall–Kier alpha value is -0.800. The van der Waals surface area contributed by atoms with E-state index in [1.54, 1.807) is 11.8 Å². The summed E-state index contributed by atoms with van der Waals surface area (Å²) in [6.45, 7) is 6.79.